The van der Waals surface area contributed by atoms with Crippen LogP contribution in [0.15, 0.2) is 35.9 Å². The molecule has 0 spiro atoms. The fourth-order valence-electron chi connectivity index (χ4n) is 5.59. The minimum Gasteiger partial charge on any atom is -0.0853 e. The lowest BCUT2D eigenvalue weighted by molar-refractivity contribution is 0.145. The fraction of sp³-hybridized carbons (Fsp3) is 0.704. The van der Waals surface area contributed by atoms with Crippen LogP contribution >= 0.6 is 0 Å². The SMILES string of the molecule is CCCCC1(CCC(CC2=CCCCC2)c2ccc(C)cc2)CCCCC1. The van der Waals surface area contributed by atoms with Crippen LogP contribution < -0.4 is 0 Å². The number of benzene rings is 1. The summed E-state index contributed by atoms with van der Waals surface area (Å²) in [6.07, 6.45) is 23.9. The van der Waals surface area contributed by atoms with Gasteiger partial charge in [0.2, 0.25) is 0 Å². The van der Waals surface area contributed by atoms with Crippen molar-refractivity contribution in [2.24, 2.45) is 5.41 Å². The van der Waals surface area contributed by atoms with Crippen molar-refractivity contribution < 1.29 is 0 Å². The van der Waals surface area contributed by atoms with E-state index in [2.05, 4.69) is 44.2 Å². The van der Waals surface area contributed by atoms with Crippen molar-refractivity contribution in [1.82, 2.24) is 0 Å². The van der Waals surface area contributed by atoms with E-state index in [1.807, 2.05) is 0 Å². The minimum absolute atomic E-state index is 0.665. The second kappa shape index (κ2) is 10.5. The maximum atomic E-state index is 2.57. The van der Waals surface area contributed by atoms with Gasteiger partial charge in [0.1, 0.15) is 0 Å². The topological polar surface area (TPSA) is 0 Å². The van der Waals surface area contributed by atoms with Gasteiger partial charge in [0.05, 0.1) is 0 Å². The monoisotopic (exact) mass is 366 g/mol. The van der Waals surface area contributed by atoms with E-state index in [0.717, 1.165) is 5.92 Å². The molecule has 0 nitrogen and oxygen atoms in total. The predicted molar refractivity (Wildman–Crippen MR) is 119 cm³/mol. The number of unbranched alkanes of at least 4 members (excludes halogenated alkanes) is 1. The fourth-order valence-corrected chi connectivity index (χ4v) is 5.59. The van der Waals surface area contributed by atoms with Crippen LogP contribution in [-0.2, 0) is 0 Å². The molecular weight excluding hydrogens is 324 g/mol. The molecule has 3 rings (SSSR count). The van der Waals surface area contributed by atoms with Gasteiger partial charge in [-0.25, -0.2) is 0 Å². The molecule has 0 saturated heterocycles. The Morgan fingerprint density at radius 3 is 2.37 bits per heavy atom. The summed E-state index contributed by atoms with van der Waals surface area (Å²) in [7, 11) is 0. The molecule has 1 aromatic carbocycles. The molecule has 2 aliphatic rings. The third-order valence-electron chi connectivity index (χ3n) is 7.44. The molecule has 2 aliphatic carbocycles. The summed E-state index contributed by atoms with van der Waals surface area (Å²) in [4.78, 5) is 0. The van der Waals surface area contributed by atoms with Crippen LogP contribution in [0, 0.1) is 12.3 Å². The molecule has 0 amide bonds. The van der Waals surface area contributed by atoms with Crippen molar-refractivity contribution in [1.29, 1.82) is 0 Å². The van der Waals surface area contributed by atoms with E-state index in [0.29, 0.717) is 5.41 Å². The molecule has 0 N–H and O–H groups in total. The summed E-state index contributed by atoms with van der Waals surface area (Å²) in [5, 5.41) is 0. The summed E-state index contributed by atoms with van der Waals surface area (Å²) < 4.78 is 0. The molecule has 0 heterocycles. The number of rotatable bonds is 9. The molecule has 1 fully saturated rings. The molecule has 1 atom stereocenters. The highest BCUT2D eigenvalue weighted by Crippen LogP contribution is 2.46. The van der Waals surface area contributed by atoms with Crippen molar-refractivity contribution >= 4 is 0 Å². The minimum atomic E-state index is 0.665. The Labute approximate surface area is 168 Å². The maximum absolute atomic E-state index is 2.57. The zero-order valence-electron chi connectivity index (χ0n) is 18.1. The first kappa shape index (κ1) is 20.7. The Hall–Kier alpha value is -1.04. The Bertz CT molecular complexity index is 571. The summed E-state index contributed by atoms with van der Waals surface area (Å²) in [6.45, 7) is 4.57. The summed E-state index contributed by atoms with van der Waals surface area (Å²) in [5.74, 6) is 0.732. The van der Waals surface area contributed by atoms with Crippen LogP contribution in [0.3, 0.4) is 0 Å². The van der Waals surface area contributed by atoms with Gasteiger partial charge in [0.25, 0.3) is 0 Å². The van der Waals surface area contributed by atoms with Gasteiger partial charge >= 0.3 is 0 Å². The predicted octanol–water partition coefficient (Wildman–Crippen LogP) is 8.89. The molecule has 1 saturated carbocycles. The molecule has 1 aromatic rings. The molecule has 150 valence electrons. The van der Waals surface area contributed by atoms with E-state index in [4.69, 9.17) is 0 Å². The average molecular weight is 367 g/mol. The molecule has 0 radical (unpaired) electrons. The van der Waals surface area contributed by atoms with Crippen molar-refractivity contribution in [3.8, 4) is 0 Å². The molecule has 0 bridgehead atoms. The first-order valence-electron chi connectivity index (χ1n) is 12.0. The summed E-state index contributed by atoms with van der Waals surface area (Å²) in [6, 6.07) is 9.49. The Balaban J connectivity index is 1.71. The van der Waals surface area contributed by atoms with Gasteiger partial charge in [0.15, 0.2) is 0 Å². The second-order valence-electron chi connectivity index (χ2n) is 9.62. The van der Waals surface area contributed by atoms with Crippen molar-refractivity contribution in [2.75, 3.05) is 0 Å². The van der Waals surface area contributed by atoms with E-state index in [1.165, 1.54) is 102 Å². The zero-order valence-corrected chi connectivity index (χ0v) is 18.1. The Morgan fingerprint density at radius 2 is 1.70 bits per heavy atom. The zero-order chi connectivity index (χ0) is 19.0. The highest BCUT2D eigenvalue weighted by atomic mass is 14.4. The molecule has 0 aromatic heterocycles. The molecular formula is C27H42. The Morgan fingerprint density at radius 1 is 0.926 bits per heavy atom. The van der Waals surface area contributed by atoms with Crippen LogP contribution in [0.5, 0.6) is 0 Å². The summed E-state index contributed by atoms with van der Waals surface area (Å²) in [5.41, 5.74) is 5.39. The van der Waals surface area contributed by atoms with Gasteiger partial charge in [0, 0.05) is 0 Å². The van der Waals surface area contributed by atoms with Crippen molar-refractivity contribution in [2.45, 2.75) is 116 Å². The van der Waals surface area contributed by atoms with E-state index in [-0.39, 0.29) is 0 Å². The third kappa shape index (κ3) is 6.23. The van der Waals surface area contributed by atoms with Gasteiger partial charge in [-0.3, -0.25) is 0 Å². The van der Waals surface area contributed by atoms with Gasteiger partial charge in [-0.1, -0.05) is 80.5 Å². The van der Waals surface area contributed by atoms with Crippen molar-refractivity contribution in [3.63, 3.8) is 0 Å². The quantitative estimate of drug-likeness (QED) is 0.383. The standard InChI is InChI=1S/C27H42/c1-3-4-18-27(19-9-6-10-20-27)21-17-26(22-24-11-7-5-8-12-24)25-15-13-23(2)14-16-25/h11,13-16,26H,3-10,12,17-22H2,1-2H3. The normalized spacial score (nSPS) is 20.9. The highest BCUT2D eigenvalue weighted by Gasteiger charge is 2.32. The van der Waals surface area contributed by atoms with Gasteiger partial charge in [-0.05, 0) is 88.0 Å². The second-order valence-corrected chi connectivity index (χ2v) is 9.62. The third-order valence-corrected chi connectivity index (χ3v) is 7.44. The number of hydrogen-bond donors (Lipinski definition) is 0. The van der Waals surface area contributed by atoms with Gasteiger partial charge in [-0.15, -0.1) is 0 Å². The van der Waals surface area contributed by atoms with Crippen LogP contribution in [0.2, 0.25) is 0 Å². The lowest BCUT2D eigenvalue weighted by Gasteiger charge is -2.39. The number of allylic oxidation sites excluding steroid dienone is 2. The van der Waals surface area contributed by atoms with E-state index in [1.54, 1.807) is 11.1 Å². The number of hydrogen-bond acceptors (Lipinski definition) is 0. The first-order chi connectivity index (χ1) is 13.2. The van der Waals surface area contributed by atoms with Crippen LogP contribution in [0.1, 0.15) is 120 Å². The highest BCUT2D eigenvalue weighted by molar-refractivity contribution is 5.26. The van der Waals surface area contributed by atoms with Crippen LogP contribution in [0.4, 0.5) is 0 Å². The van der Waals surface area contributed by atoms with Gasteiger partial charge in [-0.2, -0.15) is 0 Å². The largest absolute Gasteiger partial charge is 0.0853 e. The first-order valence-corrected chi connectivity index (χ1v) is 12.0. The summed E-state index contributed by atoms with van der Waals surface area (Å²) >= 11 is 0. The Kier molecular flexibility index (Phi) is 8.04. The molecule has 0 aliphatic heterocycles. The van der Waals surface area contributed by atoms with E-state index in [9.17, 15) is 0 Å². The molecule has 27 heavy (non-hydrogen) atoms. The van der Waals surface area contributed by atoms with Crippen molar-refractivity contribution in [3.05, 3.63) is 47.0 Å². The average Bonchev–Trinajstić information content (AvgIpc) is 2.72. The van der Waals surface area contributed by atoms with E-state index >= 15 is 0 Å². The van der Waals surface area contributed by atoms with Crippen LogP contribution in [-0.4, -0.2) is 0 Å². The van der Waals surface area contributed by atoms with Crippen LogP contribution in [0.25, 0.3) is 0 Å². The smallest absolute Gasteiger partial charge is 0.0125 e. The lowest BCUT2D eigenvalue weighted by Crippen LogP contribution is -2.25. The number of aryl methyl sites for hydroxylation is 1. The van der Waals surface area contributed by atoms with Gasteiger partial charge < -0.3 is 0 Å². The molecule has 0 heteroatoms. The molecule has 1 unspecified atom stereocenters. The van der Waals surface area contributed by atoms with E-state index < -0.39 is 0 Å². The lowest BCUT2D eigenvalue weighted by atomic mass is 9.67. The maximum Gasteiger partial charge on any atom is -0.0125 e.